The van der Waals surface area contributed by atoms with E-state index in [1.807, 2.05) is 6.92 Å². The highest BCUT2D eigenvalue weighted by atomic mass is 15.1. The van der Waals surface area contributed by atoms with Crippen LogP contribution in [0.5, 0.6) is 0 Å². The Bertz CT molecular complexity index is 471. The normalized spacial score (nSPS) is 11.1. The van der Waals surface area contributed by atoms with E-state index in [1.54, 1.807) is 0 Å². The highest BCUT2D eigenvalue weighted by molar-refractivity contribution is 5.76. The van der Waals surface area contributed by atoms with Gasteiger partial charge in [-0.05, 0) is 44.5 Å². The van der Waals surface area contributed by atoms with Crippen molar-refractivity contribution in [1.82, 2.24) is 9.55 Å². The molecule has 80 valence electrons. The fourth-order valence-electron chi connectivity index (χ4n) is 2.02. The van der Waals surface area contributed by atoms with E-state index >= 15 is 0 Å². The van der Waals surface area contributed by atoms with Gasteiger partial charge in [0.2, 0.25) is 0 Å². The van der Waals surface area contributed by atoms with E-state index < -0.39 is 0 Å². The monoisotopic (exact) mass is 203 g/mol. The molecule has 0 aliphatic rings. The summed E-state index contributed by atoms with van der Waals surface area (Å²) < 4.78 is 2.22. The van der Waals surface area contributed by atoms with Gasteiger partial charge in [0.25, 0.3) is 0 Å². The molecule has 0 spiro atoms. The zero-order valence-corrected chi connectivity index (χ0v) is 9.33. The minimum Gasteiger partial charge on any atom is -0.330 e. The second-order valence-electron chi connectivity index (χ2n) is 3.77. The molecule has 3 heteroatoms. The van der Waals surface area contributed by atoms with Crippen LogP contribution >= 0.6 is 0 Å². The molecule has 3 nitrogen and oxygen atoms in total. The summed E-state index contributed by atoms with van der Waals surface area (Å²) in [4.78, 5) is 4.55. The number of benzene rings is 1. The van der Waals surface area contributed by atoms with Crippen LogP contribution in [0.3, 0.4) is 0 Å². The van der Waals surface area contributed by atoms with E-state index in [-0.39, 0.29) is 0 Å². The van der Waals surface area contributed by atoms with Gasteiger partial charge in [0.05, 0.1) is 11.0 Å². The molecule has 2 aromatic rings. The van der Waals surface area contributed by atoms with Gasteiger partial charge in [0, 0.05) is 6.54 Å². The van der Waals surface area contributed by atoms with Crippen LogP contribution in [0.1, 0.15) is 18.3 Å². The Morgan fingerprint density at radius 1 is 1.40 bits per heavy atom. The summed E-state index contributed by atoms with van der Waals surface area (Å²) in [5, 5.41) is 0. The molecule has 2 rings (SSSR count). The molecule has 0 atom stereocenters. The molecular weight excluding hydrogens is 186 g/mol. The summed E-state index contributed by atoms with van der Waals surface area (Å²) in [7, 11) is 0. The Balaban J connectivity index is 2.54. The summed E-state index contributed by atoms with van der Waals surface area (Å²) >= 11 is 0. The van der Waals surface area contributed by atoms with Crippen molar-refractivity contribution in [2.24, 2.45) is 5.73 Å². The molecule has 15 heavy (non-hydrogen) atoms. The van der Waals surface area contributed by atoms with Crippen molar-refractivity contribution in [2.75, 3.05) is 6.54 Å². The first kappa shape index (κ1) is 10.2. The summed E-state index contributed by atoms with van der Waals surface area (Å²) in [5.74, 6) is 1.08. The summed E-state index contributed by atoms with van der Waals surface area (Å²) in [6, 6.07) is 6.42. The van der Waals surface area contributed by atoms with E-state index in [9.17, 15) is 0 Å². The first-order valence-corrected chi connectivity index (χ1v) is 5.42. The number of fused-ring (bicyclic) bond motifs is 1. The molecule has 0 saturated heterocycles. The Morgan fingerprint density at radius 3 is 2.87 bits per heavy atom. The second-order valence-corrected chi connectivity index (χ2v) is 3.77. The molecule has 0 fully saturated rings. The maximum atomic E-state index is 5.54. The molecule has 1 heterocycles. The molecule has 1 aromatic heterocycles. The topological polar surface area (TPSA) is 43.8 Å². The van der Waals surface area contributed by atoms with Crippen LogP contribution in [0.25, 0.3) is 11.0 Å². The minimum atomic E-state index is 0.693. The van der Waals surface area contributed by atoms with Gasteiger partial charge in [-0.3, -0.25) is 0 Å². The van der Waals surface area contributed by atoms with Crippen molar-refractivity contribution in [3.63, 3.8) is 0 Å². The SMILES string of the molecule is CCn1c(C)nc2cc(CCN)ccc21. The lowest BCUT2D eigenvalue weighted by Gasteiger charge is -2.02. The van der Waals surface area contributed by atoms with Crippen molar-refractivity contribution in [3.8, 4) is 0 Å². The number of rotatable bonds is 3. The van der Waals surface area contributed by atoms with E-state index in [0.717, 1.165) is 24.3 Å². The van der Waals surface area contributed by atoms with Gasteiger partial charge in [-0.1, -0.05) is 6.07 Å². The third-order valence-electron chi connectivity index (χ3n) is 2.75. The summed E-state index contributed by atoms with van der Waals surface area (Å²) in [5.41, 5.74) is 9.11. The lowest BCUT2D eigenvalue weighted by molar-refractivity contribution is 0.753. The van der Waals surface area contributed by atoms with E-state index in [1.165, 1.54) is 11.1 Å². The van der Waals surface area contributed by atoms with Crippen LogP contribution in [-0.4, -0.2) is 16.1 Å². The minimum absolute atomic E-state index is 0.693. The number of aromatic nitrogens is 2. The van der Waals surface area contributed by atoms with Crippen LogP contribution in [0.15, 0.2) is 18.2 Å². The van der Waals surface area contributed by atoms with E-state index in [4.69, 9.17) is 5.73 Å². The van der Waals surface area contributed by atoms with Crippen LogP contribution in [0.2, 0.25) is 0 Å². The number of hydrogen-bond donors (Lipinski definition) is 1. The first-order valence-electron chi connectivity index (χ1n) is 5.42. The van der Waals surface area contributed by atoms with Crippen LogP contribution in [0.4, 0.5) is 0 Å². The molecule has 1 aromatic carbocycles. The van der Waals surface area contributed by atoms with E-state index in [0.29, 0.717) is 6.54 Å². The van der Waals surface area contributed by atoms with E-state index in [2.05, 4.69) is 34.7 Å². The predicted octanol–water partition coefficient (Wildman–Crippen LogP) is 1.87. The lowest BCUT2D eigenvalue weighted by atomic mass is 10.1. The quantitative estimate of drug-likeness (QED) is 0.827. The lowest BCUT2D eigenvalue weighted by Crippen LogP contribution is -2.02. The number of imidazole rings is 1. The molecule has 2 N–H and O–H groups in total. The second kappa shape index (κ2) is 4.03. The van der Waals surface area contributed by atoms with Gasteiger partial charge < -0.3 is 10.3 Å². The van der Waals surface area contributed by atoms with Crippen molar-refractivity contribution in [3.05, 3.63) is 29.6 Å². The van der Waals surface area contributed by atoms with Crippen LogP contribution in [-0.2, 0) is 13.0 Å². The van der Waals surface area contributed by atoms with Crippen molar-refractivity contribution < 1.29 is 0 Å². The van der Waals surface area contributed by atoms with Gasteiger partial charge in [-0.25, -0.2) is 4.98 Å². The number of nitrogens with zero attached hydrogens (tertiary/aromatic N) is 2. The Hall–Kier alpha value is -1.35. The Labute approximate surface area is 89.9 Å². The Kier molecular flexibility index (Phi) is 2.73. The van der Waals surface area contributed by atoms with Gasteiger partial charge >= 0.3 is 0 Å². The summed E-state index contributed by atoms with van der Waals surface area (Å²) in [6.45, 7) is 5.85. The number of nitrogens with two attached hydrogens (primary N) is 1. The predicted molar refractivity (Wildman–Crippen MR) is 62.9 cm³/mol. The molecule has 0 aliphatic carbocycles. The van der Waals surface area contributed by atoms with Crippen LogP contribution in [0, 0.1) is 6.92 Å². The first-order chi connectivity index (χ1) is 7.26. The Morgan fingerprint density at radius 2 is 2.20 bits per heavy atom. The molecule has 0 amide bonds. The average molecular weight is 203 g/mol. The fraction of sp³-hybridized carbons (Fsp3) is 0.417. The third kappa shape index (κ3) is 1.75. The van der Waals surface area contributed by atoms with Crippen LogP contribution < -0.4 is 5.73 Å². The maximum absolute atomic E-state index is 5.54. The highest BCUT2D eigenvalue weighted by Gasteiger charge is 2.05. The van der Waals surface area contributed by atoms with Crippen molar-refractivity contribution in [1.29, 1.82) is 0 Å². The van der Waals surface area contributed by atoms with Gasteiger partial charge in [0.1, 0.15) is 5.82 Å². The zero-order chi connectivity index (χ0) is 10.8. The van der Waals surface area contributed by atoms with Crippen molar-refractivity contribution >= 4 is 11.0 Å². The standard InChI is InChI=1S/C12H17N3/c1-3-15-9(2)14-11-8-10(6-7-13)4-5-12(11)15/h4-5,8H,3,6-7,13H2,1-2H3. The molecule has 0 aliphatic heterocycles. The number of aryl methyl sites for hydroxylation is 2. The average Bonchev–Trinajstić information content (AvgIpc) is 2.53. The molecule has 0 unspecified atom stereocenters. The molecule has 0 saturated carbocycles. The molecule has 0 radical (unpaired) electrons. The largest absolute Gasteiger partial charge is 0.330 e. The van der Waals surface area contributed by atoms with Gasteiger partial charge in [0.15, 0.2) is 0 Å². The number of hydrogen-bond acceptors (Lipinski definition) is 2. The molecule has 0 bridgehead atoms. The van der Waals surface area contributed by atoms with Crippen molar-refractivity contribution in [2.45, 2.75) is 26.8 Å². The molecular formula is C12H17N3. The smallest absolute Gasteiger partial charge is 0.106 e. The zero-order valence-electron chi connectivity index (χ0n) is 9.33. The van der Waals surface area contributed by atoms with Gasteiger partial charge in [-0.15, -0.1) is 0 Å². The summed E-state index contributed by atoms with van der Waals surface area (Å²) in [6.07, 6.45) is 0.925. The highest BCUT2D eigenvalue weighted by Crippen LogP contribution is 2.17. The fourth-order valence-corrected chi connectivity index (χ4v) is 2.02. The maximum Gasteiger partial charge on any atom is 0.106 e. The third-order valence-corrected chi connectivity index (χ3v) is 2.75. The van der Waals surface area contributed by atoms with Gasteiger partial charge in [-0.2, -0.15) is 0 Å².